The summed E-state index contributed by atoms with van der Waals surface area (Å²) in [4.78, 5) is 17.8. The first-order chi connectivity index (χ1) is 10.2. The molecule has 1 aromatic heterocycles. The van der Waals surface area contributed by atoms with E-state index in [1.54, 1.807) is 11.3 Å². The quantitative estimate of drug-likeness (QED) is 0.911. The fourth-order valence-electron chi connectivity index (χ4n) is 2.49. The van der Waals surface area contributed by atoms with E-state index in [1.165, 1.54) is 0 Å². The molecule has 110 valence electrons. The van der Waals surface area contributed by atoms with Crippen molar-refractivity contribution in [3.63, 3.8) is 0 Å². The fraction of sp³-hybridized carbons (Fsp3) is 0.375. The highest BCUT2D eigenvalue weighted by molar-refractivity contribution is 7.15. The Morgan fingerprint density at radius 1 is 1.43 bits per heavy atom. The first-order valence-corrected chi connectivity index (χ1v) is 8.06. The van der Waals surface area contributed by atoms with Crippen LogP contribution in [0.5, 0.6) is 0 Å². The molecule has 4 nitrogen and oxygen atoms in total. The van der Waals surface area contributed by atoms with E-state index >= 15 is 0 Å². The molecule has 1 aliphatic rings. The Balaban J connectivity index is 1.66. The minimum atomic E-state index is 0.117. The first-order valence-electron chi connectivity index (χ1n) is 7.24. The maximum Gasteiger partial charge on any atom is 0.224 e. The van der Waals surface area contributed by atoms with Gasteiger partial charge in [-0.05, 0) is 19.9 Å². The van der Waals surface area contributed by atoms with Crippen LogP contribution < -0.4 is 10.6 Å². The molecule has 1 fully saturated rings. The predicted octanol–water partition coefficient (Wildman–Crippen LogP) is 2.34. The number of thiazole rings is 1. The minimum Gasteiger partial charge on any atom is -0.351 e. The molecule has 2 aromatic rings. The molecule has 0 saturated carbocycles. The van der Waals surface area contributed by atoms with Crippen molar-refractivity contribution in [3.05, 3.63) is 40.9 Å². The summed E-state index contributed by atoms with van der Waals surface area (Å²) in [6.45, 7) is 4.31. The average Bonchev–Trinajstić information content (AvgIpc) is 3.16. The highest BCUT2D eigenvalue weighted by Crippen LogP contribution is 2.27. The zero-order chi connectivity index (χ0) is 14.7. The van der Waals surface area contributed by atoms with Crippen LogP contribution in [0.25, 0.3) is 10.6 Å². The molecule has 2 heterocycles. The van der Waals surface area contributed by atoms with Crippen molar-refractivity contribution in [2.45, 2.75) is 19.9 Å². The Labute approximate surface area is 128 Å². The number of aryl methyl sites for hydroxylation is 1. The lowest BCUT2D eigenvalue weighted by molar-refractivity contribution is -0.124. The van der Waals surface area contributed by atoms with Crippen molar-refractivity contribution in [1.29, 1.82) is 0 Å². The fourth-order valence-corrected chi connectivity index (χ4v) is 3.49. The number of carbonyl (C=O) groups excluding carboxylic acids is 1. The molecule has 1 amide bonds. The lowest BCUT2D eigenvalue weighted by Gasteiger charge is -2.08. The van der Waals surface area contributed by atoms with Crippen molar-refractivity contribution in [2.24, 2.45) is 5.92 Å². The van der Waals surface area contributed by atoms with Crippen molar-refractivity contribution in [2.75, 3.05) is 13.1 Å². The molecule has 21 heavy (non-hydrogen) atoms. The third-order valence-electron chi connectivity index (χ3n) is 3.77. The molecule has 5 heteroatoms. The van der Waals surface area contributed by atoms with Crippen LogP contribution in [0, 0.1) is 12.8 Å². The van der Waals surface area contributed by atoms with Crippen LogP contribution in [0.15, 0.2) is 30.3 Å². The van der Waals surface area contributed by atoms with Crippen molar-refractivity contribution in [3.8, 4) is 10.6 Å². The Morgan fingerprint density at radius 2 is 2.24 bits per heavy atom. The molecule has 0 spiro atoms. The molecule has 1 saturated heterocycles. The highest BCUT2D eigenvalue weighted by atomic mass is 32.1. The van der Waals surface area contributed by atoms with Crippen LogP contribution in [0.1, 0.15) is 17.0 Å². The third kappa shape index (κ3) is 3.31. The van der Waals surface area contributed by atoms with Crippen LogP contribution in [0.3, 0.4) is 0 Å². The van der Waals surface area contributed by atoms with E-state index in [2.05, 4.69) is 27.8 Å². The number of nitrogens with one attached hydrogen (secondary N) is 2. The number of benzene rings is 1. The molecular formula is C16H19N3OS. The van der Waals surface area contributed by atoms with E-state index < -0.39 is 0 Å². The van der Waals surface area contributed by atoms with Gasteiger partial charge in [-0.25, -0.2) is 4.98 Å². The van der Waals surface area contributed by atoms with Crippen molar-refractivity contribution >= 4 is 17.2 Å². The summed E-state index contributed by atoms with van der Waals surface area (Å²) < 4.78 is 0. The molecule has 0 aliphatic carbocycles. The molecule has 3 rings (SSSR count). The van der Waals surface area contributed by atoms with E-state index in [-0.39, 0.29) is 11.8 Å². The summed E-state index contributed by atoms with van der Waals surface area (Å²) in [6, 6.07) is 10.2. The van der Waals surface area contributed by atoms with Gasteiger partial charge in [-0.1, -0.05) is 30.3 Å². The second-order valence-electron chi connectivity index (χ2n) is 5.30. The molecule has 0 bridgehead atoms. The molecule has 1 unspecified atom stereocenters. The van der Waals surface area contributed by atoms with E-state index in [0.717, 1.165) is 40.7 Å². The standard InChI is InChI=1S/C16H19N3OS/c1-11-14(10-18-15(20)13-7-8-17-9-13)21-16(19-11)12-5-3-2-4-6-12/h2-6,13,17H,7-10H2,1H3,(H,18,20). The Hall–Kier alpha value is -1.72. The summed E-state index contributed by atoms with van der Waals surface area (Å²) in [6.07, 6.45) is 0.933. The molecule has 1 atom stereocenters. The summed E-state index contributed by atoms with van der Waals surface area (Å²) in [7, 11) is 0. The smallest absolute Gasteiger partial charge is 0.224 e. The second kappa shape index (κ2) is 6.37. The van der Waals surface area contributed by atoms with E-state index in [0.29, 0.717) is 6.54 Å². The Bertz CT molecular complexity index is 618. The molecular weight excluding hydrogens is 282 g/mol. The van der Waals surface area contributed by atoms with Gasteiger partial charge >= 0.3 is 0 Å². The Morgan fingerprint density at radius 3 is 2.95 bits per heavy atom. The molecule has 0 radical (unpaired) electrons. The summed E-state index contributed by atoms with van der Waals surface area (Å²) in [5.74, 6) is 0.265. The number of nitrogens with zero attached hydrogens (tertiary/aromatic N) is 1. The van der Waals surface area contributed by atoms with E-state index in [1.807, 2.05) is 25.1 Å². The SMILES string of the molecule is Cc1nc(-c2ccccc2)sc1CNC(=O)C1CCNC1. The van der Waals surface area contributed by atoms with Gasteiger partial charge in [0.15, 0.2) is 0 Å². The third-order valence-corrected chi connectivity index (χ3v) is 4.97. The number of amides is 1. The van der Waals surface area contributed by atoms with E-state index in [4.69, 9.17) is 0 Å². The number of aromatic nitrogens is 1. The van der Waals surface area contributed by atoms with E-state index in [9.17, 15) is 4.79 Å². The number of carbonyl (C=O) groups is 1. The van der Waals surface area contributed by atoms with Crippen LogP contribution >= 0.6 is 11.3 Å². The van der Waals surface area contributed by atoms with Crippen molar-refractivity contribution < 1.29 is 4.79 Å². The zero-order valence-corrected chi connectivity index (χ0v) is 12.9. The van der Waals surface area contributed by atoms with Crippen LogP contribution in [-0.2, 0) is 11.3 Å². The topological polar surface area (TPSA) is 54.0 Å². The van der Waals surface area contributed by atoms with Crippen LogP contribution in [0.2, 0.25) is 0 Å². The van der Waals surface area contributed by atoms with Crippen LogP contribution in [0.4, 0.5) is 0 Å². The normalized spacial score (nSPS) is 17.9. The predicted molar refractivity (Wildman–Crippen MR) is 85.1 cm³/mol. The van der Waals surface area contributed by atoms with Gasteiger partial charge in [0.05, 0.1) is 18.2 Å². The van der Waals surface area contributed by atoms with Gasteiger partial charge in [-0.3, -0.25) is 4.79 Å². The van der Waals surface area contributed by atoms with Gasteiger partial charge in [-0.15, -0.1) is 11.3 Å². The van der Waals surface area contributed by atoms with Gasteiger partial charge in [0.1, 0.15) is 5.01 Å². The highest BCUT2D eigenvalue weighted by Gasteiger charge is 2.22. The van der Waals surface area contributed by atoms with Gasteiger partial charge in [0, 0.05) is 17.0 Å². The first kappa shape index (κ1) is 14.2. The minimum absolute atomic E-state index is 0.117. The number of hydrogen-bond acceptors (Lipinski definition) is 4. The lowest BCUT2D eigenvalue weighted by Crippen LogP contribution is -2.31. The maximum atomic E-state index is 12.0. The van der Waals surface area contributed by atoms with Gasteiger partial charge in [0.25, 0.3) is 0 Å². The largest absolute Gasteiger partial charge is 0.351 e. The van der Waals surface area contributed by atoms with Crippen molar-refractivity contribution in [1.82, 2.24) is 15.6 Å². The summed E-state index contributed by atoms with van der Waals surface area (Å²) in [5, 5.41) is 7.27. The monoisotopic (exact) mass is 301 g/mol. The summed E-state index contributed by atoms with van der Waals surface area (Å²) in [5.41, 5.74) is 2.13. The van der Waals surface area contributed by atoms with Gasteiger partial charge < -0.3 is 10.6 Å². The molecule has 2 N–H and O–H groups in total. The Kier molecular flexibility index (Phi) is 4.31. The molecule has 1 aliphatic heterocycles. The van der Waals surface area contributed by atoms with Gasteiger partial charge in [0.2, 0.25) is 5.91 Å². The zero-order valence-electron chi connectivity index (χ0n) is 12.1. The van der Waals surface area contributed by atoms with Gasteiger partial charge in [-0.2, -0.15) is 0 Å². The second-order valence-corrected chi connectivity index (χ2v) is 6.38. The number of hydrogen-bond donors (Lipinski definition) is 2. The molecule has 1 aromatic carbocycles. The van der Waals surface area contributed by atoms with Crippen LogP contribution in [-0.4, -0.2) is 24.0 Å². The lowest BCUT2D eigenvalue weighted by atomic mass is 10.1. The summed E-state index contributed by atoms with van der Waals surface area (Å²) >= 11 is 1.66. The number of rotatable bonds is 4. The average molecular weight is 301 g/mol. The maximum absolute atomic E-state index is 12.0.